The highest BCUT2D eigenvalue weighted by molar-refractivity contribution is 5.98. The van der Waals surface area contributed by atoms with E-state index in [4.69, 9.17) is 10.00 Å². The van der Waals surface area contributed by atoms with Crippen LogP contribution in [-0.4, -0.2) is 36.0 Å². The molecule has 2 bridgehead atoms. The van der Waals surface area contributed by atoms with Crippen molar-refractivity contribution < 1.29 is 13.9 Å². The Bertz CT molecular complexity index is 879. The van der Waals surface area contributed by atoms with E-state index in [1.165, 1.54) is 11.6 Å². The number of Topliss-reactive ketones (excluding diaryl/α,β-unsaturated/α-hetero) is 1. The molecular weight excluding hydrogens is 355 g/mol. The molecule has 2 aliphatic rings. The van der Waals surface area contributed by atoms with Gasteiger partial charge in [-0.15, -0.1) is 0 Å². The predicted molar refractivity (Wildman–Crippen MR) is 103 cm³/mol. The lowest BCUT2D eigenvalue weighted by molar-refractivity contribution is -0.0872. The smallest absolute Gasteiger partial charge is 0.166 e. The maximum Gasteiger partial charge on any atom is 0.166 e. The summed E-state index contributed by atoms with van der Waals surface area (Å²) in [6, 6.07) is 17.1. The SMILES string of the molecule is N#CCc1cc(C(=O)C2CC3COCC(C2)N3Cc2ccccc2)ccc1F. The van der Waals surface area contributed by atoms with Crippen molar-refractivity contribution in [1.29, 1.82) is 5.26 Å². The van der Waals surface area contributed by atoms with Crippen molar-refractivity contribution >= 4 is 5.78 Å². The molecule has 0 aliphatic carbocycles. The lowest BCUT2D eigenvalue weighted by Gasteiger charge is -2.48. The Morgan fingerprint density at radius 2 is 1.86 bits per heavy atom. The third kappa shape index (κ3) is 3.84. The summed E-state index contributed by atoms with van der Waals surface area (Å²) in [4.78, 5) is 15.6. The number of benzene rings is 2. The molecule has 4 nitrogen and oxygen atoms in total. The minimum atomic E-state index is -0.430. The van der Waals surface area contributed by atoms with Crippen LogP contribution in [0.1, 0.15) is 34.3 Å². The number of hydrogen-bond donors (Lipinski definition) is 0. The van der Waals surface area contributed by atoms with E-state index >= 15 is 0 Å². The van der Waals surface area contributed by atoms with E-state index in [0.29, 0.717) is 24.3 Å². The van der Waals surface area contributed by atoms with Gasteiger partial charge in [-0.1, -0.05) is 30.3 Å². The summed E-state index contributed by atoms with van der Waals surface area (Å²) in [5.41, 5.74) is 2.06. The summed E-state index contributed by atoms with van der Waals surface area (Å²) in [5, 5.41) is 8.86. The number of rotatable bonds is 5. The number of ketones is 1. The molecule has 4 rings (SSSR count). The Hall–Kier alpha value is -2.55. The molecule has 2 aliphatic heterocycles. The van der Waals surface area contributed by atoms with E-state index < -0.39 is 5.82 Å². The molecule has 2 fully saturated rings. The number of hydrogen-bond acceptors (Lipinski definition) is 4. The molecule has 2 saturated heterocycles. The van der Waals surface area contributed by atoms with Crippen molar-refractivity contribution in [3.63, 3.8) is 0 Å². The molecule has 2 atom stereocenters. The fourth-order valence-electron chi connectivity index (χ4n) is 4.44. The normalized spacial score (nSPS) is 24.5. The van der Waals surface area contributed by atoms with Gasteiger partial charge in [0.15, 0.2) is 5.78 Å². The van der Waals surface area contributed by atoms with E-state index in [9.17, 15) is 9.18 Å². The zero-order chi connectivity index (χ0) is 19.5. The number of ether oxygens (including phenoxy) is 1. The first kappa shape index (κ1) is 18.8. The van der Waals surface area contributed by atoms with Crippen molar-refractivity contribution in [3.8, 4) is 6.07 Å². The Labute approximate surface area is 164 Å². The quantitative estimate of drug-likeness (QED) is 0.744. The highest BCUT2D eigenvalue weighted by Gasteiger charge is 2.41. The molecule has 0 amide bonds. The van der Waals surface area contributed by atoms with Gasteiger partial charge in [0.25, 0.3) is 0 Å². The largest absolute Gasteiger partial charge is 0.378 e. The first-order valence-corrected chi connectivity index (χ1v) is 9.72. The Morgan fingerprint density at radius 3 is 2.54 bits per heavy atom. The molecule has 2 aromatic carbocycles. The fourth-order valence-corrected chi connectivity index (χ4v) is 4.44. The number of fused-ring (bicyclic) bond motifs is 2. The first-order valence-electron chi connectivity index (χ1n) is 9.72. The second kappa shape index (κ2) is 8.22. The summed E-state index contributed by atoms with van der Waals surface area (Å²) in [6.45, 7) is 2.13. The highest BCUT2D eigenvalue weighted by Crippen LogP contribution is 2.34. The maximum atomic E-state index is 13.8. The van der Waals surface area contributed by atoms with Crippen molar-refractivity contribution in [3.05, 3.63) is 71.0 Å². The van der Waals surface area contributed by atoms with Gasteiger partial charge in [-0.2, -0.15) is 5.26 Å². The molecule has 2 heterocycles. The van der Waals surface area contributed by atoms with Gasteiger partial charge in [-0.25, -0.2) is 4.39 Å². The summed E-state index contributed by atoms with van der Waals surface area (Å²) in [6.07, 6.45) is 1.46. The van der Waals surface area contributed by atoms with Crippen molar-refractivity contribution in [2.24, 2.45) is 5.92 Å². The van der Waals surface area contributed by atoms with Crippen LogP contribution in [0.3, 0.4) is 0 Å². The van der Waals surface area contributed by atoms with Crippen molar-refractivity contribution in [2.75, 3.05) is 13.2 Å². The number of carbonyl (C=O) groups is 1. The van der Waals surface area contributed by atoms with Gasteiger partial charge in [0.1, 0.15) is 5.82 Å². The van der Waals surface area contributed by atoms with E-state index in [-0.39, 0.29) is 30.2 Å². The third-order valence-electron chi connectivity index (χ3n) is 5.85. The molecular formula is C23H23FN2O2. The second-order valence-electron chi connectivity index (χ2n) is 7.68. The van der Waals surface area contributed by atoms with Gasteiger partial charge in [-0.3, -0.25) is 9.69 Å². The van der Waals surface area contributed by atoms with Crippen LogP contribution in [-0.2, 0) is 17.7 Å². The number of morpholine rings is 1. The number of piperidine rings is 1. The molecule has 2 aromatic rings. The van der Waals surface area contributed by atoms with Crippen LogP contribution in [0.4, 0.5) is 4.39 Å². The maximum absolute atomic E-state index is 13.8. The van der Waals surface area contributed by atoms with Crippen LogP contribution in [0.5, 0.6) is 0 Å². The van der Waals surface area contributed by atoms with E-state index in [0.717, 1.165) is 19.4 Å². The number of carbonyl (C=O) groups excluding carboxylic acids is 1. The number of halogens is 1. The van der Waals surface area contributed by atoms with Crippen LogP contribution in [0.2, 0.25) is 0 Å². The Morgan fingerprint density at radius 1 is 1.14 bits per heavy atom. The summed E-state index contributed by atoms with van der Waals surface area (Å²) in [7, 11) is 0. The van der Waals surface area contributed by atoms with Crippen LogP contribution >= 0.6 is 0 Å². The summed E-state index contributed by atoms with van der Waals surface area (Å²) >= 11 is 0. The topological polar surface area (TPSA) is 53.3 Å². The average Bonchev–Trinajstić information content (AvgIpc) is 2.70. The molecule has 0 saturated carbocycles. The first-order chi connectivity index (χ1) is 13.7. The Balaban J connectivity index is 1.50. The minimum absolute atomic E-state index is 0.0262. The van der Waals surface area contributed by atoms with Gasteiger partial charge in [0, 0.05) is 35.7 Å². The molecule has 144 valence electrons. The fraction of sp³-hybridized carbons (Fsp3) is 0.391. The molecule has 0 aromatic heterocycles. The average molecular weight is 378 g/mol. The van der Waals surface area contributed by atoms with Gasteiger partial charge in [-0.05, 0) is 36.6 Å². The van der Waals surface area contributed by atoms with Crippen LogP contribution in [0.15, 0.2) is 48.5 Å². The van der Waals surface area contributed by atoms with Crippen molar-refractivity contribution in [1.82, 2.24) is 4.90 Å². The minimum Gasteiger partial charge on any atom is -0.378 e. The monoisotopic (exact) mass is 378 g/mol. The van der Waals surface area contributed by atoms with Crippen LogP contribution < -0.4 is 0 Å². The van der Waals surface area contributed by atoms with Gasteiger partial charge in [0.2, 0.25) is 0 Å². The van der Waals surface area contributed by atoms with Crippen molar-refractivity contribution in [2.45, 2.75) is 37.9 Å². The van der Waals surface area contributed by atoms with E-state index in [1.54, 1.807) is 12.1 Å². The molecule has 0 spiro atoms. The molecule has 0 radical (unpaired) electrons. The van der Waals surface area contributed by atoms with E-state index in [1.807, 2.05) is 24.3 Å². The summed E-state index contributed by atoms with van der Waals surface area (Å²) in [5.74, 6) is -0.470. The molecule has 2 unspecified atom stereocenters. The standard InChI is InChI=1S/C23H23FN2O2/c24-22-7-6-18(10-17(22)8-9-25)23(27)19-11-20-14-28-15-21(12-19)26(20)13-16-4-2-1-3-5-16/h1-7,10,19-21H,8,11-15H2. The summed E-state index contributed by atoms with van der Waals surface area (Å²) < 4.78 is 19.6. The second-order valence-corrected chi connectivity index (χ2v) is 7.68. The molecule has 5 heteroatoms. The van der Waals surface area contributed by atoms with E-state index in [2.05, 4.69) is 17.0 Å². The van der Waals surface area contributed by atoms with Gasteiger partial charge in [0.05, 0.1) is 25.7 Å². The zero-order valence-corrected chi connectivity index (χ0v) is 15.7. The molecule has 28 heavy (non-hydrogen) atoms. The highest BCUT2D eigenvalue weighted by atomic mass is 19.1. The third-order valence-corrected chi connectivity index (χ3v) is 5.85. The zero-order valence-electron chi connectivity index (χ0n) is 15.7. The predicted octanol–water partition coefficient (Wildman–Crippen LogP) is 3.75. The number of nitrogens with zero attached hydrogens (tertiary/aromatic N) is 2. The van der Waals surface area contributed by atoms with Gasteiger partial charge >= 0.3 is 0 Å². The number of nitriles is 1. The van der Waals surface area contributed by atoms with Crippen LogP contribution in [0.25, 0.3) is 0 Å². The lowest BCUT2D eigenvalue weighted by atomic mass is 9.80. The lowest BCUT2D eigenvalue weighted by Crippen LogP contribution is -2.57. The van der Waals surface area contributed by atoms with Crippen LogP contribution in [0, 0.1) is 23.1 Å². The Kier molecular flexibility index (Phi) is 5.52. The molecule has 0 N–H and O–H groups in total. The van der Waals surface area contributed by atoms with Gasteiger partial charge < -0.3 is 4.74 Å².